The predicted molar refractivity (Wildman–Crippen MR) is 106 cm³/mol. The van der Waals surface area contributed by atoms with Gasteiger partial charge in [0.15, 0.2) is 9.84 Å². The van der Waals surface area contributed by atoms with E-state index in [1.54, 1.807) is 41.3 Å². The summed E-state index contributed by atoms with van der Waals surface area (Å²) in [7, 11) is -3.16. The molecule has 7 heteroatoms. The van der Waals surface area contributed by atoms with Gasteiger partial charge in [-0.15, -0.1) is 0 Å². The smallest absolute Gasteiger partial charge is 0.254 e. The van der Waals surface area contributed by atoms with E-state index in [1.165, 1.54) is 12.1 Å². The molecule has 1 saturated heterocycles. The van der Waals surface area contributed by atoms with Crippen molar-refractivity contribution < 1.29 is 22.3 Å². The second-order valence-electron chi connectivity index (χ2n) is 6.99. The fourth-order valence-corrected chi connectivity index (χ4v) is 5.03. The van der Waals surface area contributed by atoms with E-state index in [4.69, 9.17) is 4.74 Å². The predicted octanol–water partition coefficient (Wildman–Crippen LogP) is 3.44. The highest BCUT2D eigenvalue weighted by Crippen LogP contribution is 2.23. The van der Waals surface area contributed by atoms with Gasteiger partial charge in [-0.05, 0) is 54.8 Å². The van der Waals surface area contributed by atoms with Gasteiger partial charge in [0.05, 0.1) is 18.1 Å². The Morgan fingerprint density at radius 3 is 2.57 bits per heavy atom. The molecule has 0 spiro atoms. The van der Waals surface area contributed by atoms with Gasteiger partial charge < -0.3 is 9.64 Å². The summed E-state index contributed by atoms with van der Waals surface area (Å²) >= 11 is 0. The molecular weight excluding hydrogens is 381 g/mol. The highest BCUT2D eigenvalue weighted by Gasteiger charge is 2.35. The summed E-state index contributed by atoms with van der Waals surface area (Å²) in [5.41, 5.74) is 1.07. The topological polar surface area (TPSA) is 63.7 Å². The molecule has 1 fully saturated rings. The van der Waals surface area contributed by atoms with Crippen LogP contribution in [0, 0.1) is 5.82 Å². The molecular formula is C21H24FNO4S. The molecule has 0 bridgehead atoms. The maximum atomic E-state index is 13.6. The Labute approximate surface area is 165 Å². The second-order valence-corrected chi connectivity index (χ2v) is 9.22. The van der Waals surface area contributed by atoms with E-state index in [-0.39, 0.29) is 29.8 Å². The van der Waals surface area contributed by atoms with Crippen LogP contribution in [0.5, 0.6) is 5.75 Å². The molecule has 3 rings (SSSR count). The minimum absolute atomic E-state index is 0.0637. The average Bonchev–Trinajstić information content (AvgIpc) is 3.04. The van der Waals surface area contributed by atoms with Crippen LogP contribution in [-0.2, 0) is 16.4 Å². The van der Waals surface area contributed by atoms with Crippen molar-refractivity contribution in [1.82, 2.24) is 4.90 Å². The number of halogens is 1. The third kappa shape index (κ3) is 5.10. The Kier molecular flexibility index (Phi) is 6.34. The largest absolute Gasteiger partial charge is 0.494 e. The fraction of sp³-hybridized carbons (Fsp3) is 0.381. The first-order valence-electron chi connectivity index (χ1n) is 9.36. The molecule has 0 aromatic heterocycles. The van der Waals surface area contributed by atoms with E-state index in [0.717, 1.165) is 6.42 Å². The van der Waals surface area contributed by atoms with Crippen LogP contribution < -0.4 is 4.74 Å². The molecule has 1 aliphatic rings. The maximum Gasteiger partial charge on any atom is 0.254 e. The molecule has 150 valence electrons. The van der Waals surface area contributed by atoms with E-state index < -0.39 is 15.9 Å². The molecule has 0 aliphatic carbocycles. The van der Waals surface area contributed by atoms with E-state index in [2.05, 4.69) is 0 Å². The summed E-state index contributed by atoms with van der Waals surface area (Å²) < 4.78 is 43.0. The van der Waals surface area contributed by atoms with E-state index >= 15 is 0 Å². The summed E-state index contributed by atoms with van der Waals surface area (Å²) in [4.78, 5) is 14.7. The molecule has 0 radical (unpaired) electrons. The van der Waals surface area contributed by atoms with Crippen LogP contribution in [0.3, 0.4) is 0 Å². The molecule has 0 N–H and O–H groups in total. The summed E-state index contributed by atoms with van der Waals surface area (Å²) in [6.45, 7) is 2.77. The van der Waals surface area contributed by atoms with Crippen LogP contribution in [0.25, 0.3) is 0 Å². The zero-order valence-electron chi connectivity index (χ0n) is 15.8. The van der Waals surface area contributed by atoms with Crippen molar-refractivity contribution in [3.8, 4) is 5.75 Å². The number of amides is 1. The van der Waals surface area contributed by atoms with Crippen LogP contribution in [0.2, 0.25) is 0 Å². The van der Waals surface area contributed by atoms with E-state index in [0.29, 0.717) is 29.9 Å². The second kappa shape index (κ2) is 8.73. The normalized spacial score (nSPS) is 18.0. The molecule has 1 aliphatic heterocycles. The third-order valence-corrected chi connectivity index (χ3v) is 6.48. The molecule has 0 saturated carbocycles. The minimum atomic E-state index is -3.16. The quantitative estimate of drug-likeness (QED) is 0.708. The third-order valence-electron chi connectivity index (χ3n) is 4.73. The molecule has 2 aromatic carbocycles. The van der Waals surface area contributed by atoms with Crippen molar-refractivity contribution in [1.29, 1.82) is 0 Å². The zero-order valence-corrected chi connectivity index (χ0v) is 16.6. The highest BCUT2D eigenvalue weighted by atomic mass is 32.2. The van der Waals surface area contributed by atoms with Crippen LogP contribution in [0.1, 0.15) is 35.7 Å². The van der Waals surface area contributed by atoms with Crippen molar-refractivity contribution >= 4 is 15.7 Å². The lowest BCUT2D eigenvalue weighted by molar-refractivity contribution is 0.0680. The van der Waals surface area contributed by atoms with Crippen LogP contribution in [-0.4, -0.2) is 43.4 Å². The van der Waals surface area contributed by atoms with Crippen LogP contribution >= 0.6 is 0 Å². The van der Waals surface area contributed by atoms with E-state index in [1.807, 2.05) is 6.92 Å². The molecule has 1 heterocycles. The van der Waals surface area contributed by atoms with Gasteiger partial charge in [-0.3, -0.25) is 4.79 Å². The number of sulfone groups is 1. The van der Waals surface area contributed by atoms with Gasteiger partial charge in [0, 0.05) is 18.2 Å². The summed E-state index contributed by atoms with van der Waals surface area (Å²) in [6.07, 6.45) is 1.28. The Bertz CT molecular complexity index is 928. The Morgan fingerprint density at radius 2 is 1.96 bits per heavy atom. The lowest BCUT2D eigenvalue weighted by Crippen LogP contribution is -2.40. The molecule has 1 atom stereocenters. The van der Waals surface area contributed by atoms with Gasteiger partial charge in [-0.2, -0.15) is 0 Å². The van der Waals surface area contributed by atoms with E-state index in [9.17, 15) is 17.6 Å². The van der Waals surface area contributed by atoms with Gasteiger partial charge >= 0.3 is 0 Å². The van der Waals surface area contributed by atoms with Crippen molar-refractivity contribution in [3.63, 3.8) is 0 Å². The number of carbonyl (C=O) groups excluding carboxylic acids is 1. The van der Waals surface area contributed by atoms with Gasteiger partial charge in [-0.25, -0.2) is 12.8 Å². The summed E-state index contributed by atoms with van der Waals surface area (Å²) in [5, 5.41) is 0. The molecule has 5 nitrogen and oxygen atoms in total. The number of hydrogen-bond acceptors (Lipinski definition) is 4. The fourth-order valence-electron chi connectivity index (χ4n) is 3.30. The first kappa shape index (κ1) is 20.3. The maximum absolute atomic E-state index is 13.6. The van der Waals surface area contributed by atoms with Gasteiger partial charge in [-0.1, -0.05) is 19.1 Å². The number of ether oxygens (including phenoxy) is 1. The summed E-state index contributed by atoms with van der Waals surface area (Å²) in [6, 6.07) is 12.4. The number of carbonyl (C=O) groups is 1. The molecule has 1 amide bonds. The lowest BCUT2D eigenvalue weighted by Gasteiger charge is -2.28. The van der Waals surface area contributed by atoms with Gasteiger partial charge in [0.1, 0.15) is 11.6 Å². The number of rotatable bonds is 7. The molecule has 0 unspecified atom stereocenters. The Hall–Kier alpha value is -2.41. The van der Waals surface area contributed by atoms with Gasteiger partial charge in [0.25, 0.3) is 5.91 Å². The first-order valence-corrected chi connectivity index (χ1v) is 11.2. The minimum Gasteiger partial charge on any atom is -0.494 e. The number of benzene rings is 2. The van der Waals surface area contributed by atoms with Crippen molar-refractivity contribution in [3.05, 3.63) is 65.5 Å². The van der Waals surface area contributed by atoms with Crippen molar-refractivity contribution in [2.45, 2.75) is 32.4 Å². The molecule has 2 aromatic rings. The van der Waals surface area contributed by atoms with Crippen LogP contribution in [0.15, 0.2) is 48.5 Å². The Morgan fingerprint density at radius 1 is 1.21 bits per heavy atom. The zero-order chi connectivity index (χ0) is 20.1. The number of hydrogen-bond donors (Lipinski definition) is 0. The summed E-state index contributed by atoms with van der Waals surface area (Å²) in [5.74, 6) is 0.0217. The van der Waals surface area contributed by atoms with Gasteiger partial charge in [0.2, 0.25) is 0 Å². The Balaban J connectivity index is 1.84. The first-order chi connectivity index (χ1) is 13.4. The SMILES string of the molecule is CCCOc1ccc(C(=O)N(Cc2cccc(F)c2)[C@@H]2CCS(=O)(=O)C2)cc1. The van der Waals surface area contributed by atoms with Crippen molar-refractivity contribution in [2.24, 2.45) is 0 Å². The van der Waals surface area contributed by atoms with Crippen LogP contribution in [0.4, 0.5) is 4.39 Å². The lowest BCUT2D eigenvalue weighted by atomic mass is 10.1. The monoisotopic (exact) mass is 405 g/mol. The number of nitrogens with zero attached hydrogens (tertiary/aromatic N) is 1. The highest BCUT2D eigenvalue weighted by molar-refractivity contribution is 7.91. The molecule has 28 heavy (non-hydrogen) atoms. The van der Waals surface area contributed by atoms with Crippen molar-refractivity contribution in [2.75, 3.05) is 18.1 Å². The average molecular weight is 405 g/mol. The standard InChI is InChI=1S/C21H24FNO4S/c1-2-11-27-20-8-6-17(7-9-20)21(24)23(19-10-12-28(25,26)15-19)14-16-4-3-5-18(22)13-16/h3-9,13,19H,2,10-12,14-15H2,1H3/t19-/m1/s1.